The van der Waals surface area contributed by atoms with Crippen molar-refractivity contribution in [3.8, 4) is 11.3 Å². The van der Waals surface area contributed by atoms with E-state index in [4.69, 9.17) is 5.73 Å². The number of nitrogens with two attached hydrogens (primary N) is 1. The summed E-state index contributed by atoms with van der Waals surface area (Å²) in [5, 5.41) is 0.728. The average Bonchev–Trinajstić information content (AvgIpc) is 3.29. The molecular formula is C26H30F2N4O. The number of hydrogen-bond donors (Lipinski definition) is 1. The number of benzene rings is 2. The number of carbonyl (C=O) groups excluding carboxylic acids is 1. The first kappa shape index (κ1) is 23.3. The first-order chi connectivity index (χ1) is 15.7. The zero-order valence-electron chi connectivity index (χ0n) is 19.3. The summed E-state index contributed by atoms with van der Waals surface area (Å²) < 4.78 is 27.4. The van der Waals surface area contributed by atoms with Gasteiger partial charge in [-0.3, -0.25) is 4.79 Å². The Balaban J connectivity index is 1.75. The molecule has 1 saturated heterocycles. The standard InChI is InChI=1S/C26H30F2N4O/c1-26(29,12-14-31(2)3)24-9-6-13-32(24)25(33)19-16-23(17-10-11-20(27)21(28)15-17)30-22-8-5-4-7-18(19)22/h4-5,7-8,10-11,15-16,24H,6,9,12-14,29H2,1-3H3/t24-,26?/m1/s1. The lowest BCUT2D eigenvalue weighted by molar-refractivity contribution is 0.0661. The maximum absolute atomic E-state index is 13.9. The fraction of sp³-hybridized carbons (Fsp3) is 0.385. The molecule has 2 atom stereocenters. The van der Waals surface area contributed by atoms with E-state index in [1.54, 1.807) is 6.07 Å². The third kappa shape index (κ3) is 4.75. The molecule has 174 valence electrons. The van der Waals surface area contributed by atoms with Crippen LogP contribution >= 0.6 is 0 Å². The minimum atomic E-state index is -0.949. The van der Waals surface area contributed by atoms with Gasteiger partial charge < -0.3 is 15.5 Å². The van der Waals surface area contributed by atoms with E-state index in [1.807, 2.05) is 50.2 Å². The Bertz CT molecular complexity index is 1180. The van der Waals surface area contributed by atoms with Crippen LogP contribution in [0.15, 0.2) is 48.5 Å². The summed E-state index contributed by atoms with van der Waals surface area (Å²) in [5.74, 6) is -1.98. The fourth-order valence-corrected chi connectivity index (χ4v) is 4.64. The Labute approximate surface area is 193 Å². The van der Waals surface area contributed by atoms with E-state index in [2.05, 4.69) is 9.88 Å². The summed E-state index contributed by atoms with van der Waals surface area (Å²) in [5.41, 5.74) is 8.17. The minimum absolute atomic E-state index is 0.0800. The molecule has 5 nitrogen and oxygen atoms in total. The van der Waals surface area contributed by atoms with Crippen LogP contribution in [0.5, 0.6) is 0 Å². The number of para-hydroxylation sites is 1. The number of pyridine rings is 1. The van der Waals surface area contributed by atoms with Crippen LogP contribution < -0.4 is 5.73 Å². The van der Waals surface area contributed by atoms with E-state index in [0.29, 0.717) is 28.9 Å². The van der Waals surface area contributed by atoms with Crippen molar-refractivity contribution in [3.63, 3.8) is 0 Å². The quantitative estimate of drug-likeness (QED) is 0.600. The van der Waals surface area contributed by atoms with Crippen molar-refractivity contribution in [2.24, 2.45) is 5.73 Å². The second-order valence-corrected chi connectivity index (χ2v) is 9.42. The summed E-state index contributed by atoms with van der Waals surface area (Å²) in [6, 6.07) is 12.6. The Morgan fingerprint density at radius 2 is 1.94 bits per heavy atom. The molecule has 7 heteroatoms. The van der Waals surface area contributed by atoms with Gasteiger partial charge in [-0.1, -0.05) is 18.2 Å². The third-order valence-corrected chi connectivity index (χ3v) is 6.53. The van der Waals surface area contributed by atoms with E-state index >= 15 is 0 Å². The SMILES string of the molecule is CN(C)CCC(C)(N)[C@H]1CCCN1C(=O)c1cc(-c2ccc(F)c(F)c2)nc2ccccc12. The highest BCUT2D eigenvalue weighted by Gasteiger charge is 2.40. The van der Waals surface area contributed by atoms with Crippen LogP contribution in [-0.4, -0.2) is 59.5 Å². The maximum atomic E-state index is 13.9. The number of halogens is 2. The van der Waals surface area contributed by atoms with E-state index in [0.717, 1.165) is 43.3 Å². The van der Waals surface area contributed by atoms with Gasteiger partial charge in [0.15, 0.2) is 11.6 Å². The Morgan fingerprint density at radius 3 is 2.67 bits per heavy atom. The zero-order chi connectivity index (χ0) is 23.8. The molecule has 0 aliphatic carbocycles. The molecule has 0 bridgehead atoms. The largest absolute Gasteiger partial charge is 0.334 e. The van der Waals surface area contributed by atoms with E-state index < -0.39 is 17.2 Å². The molecule has 2 N–H and O–H groups in total. The molecule has 1 aliphatic rings. The van der Waals surface area contributed by atoms with Crippen molar-refractivity contribution < 1.29 is 13.6 Å². The fourth-order valence-electron chi connectivity index (χ4n) is 4.64. The molecule has 1 unspecified atom stereocenters. The van der Waals surface area contributed by atoms with Gasteiger partial charge in [-0.2, -0.15) is 0 Å². The normalized spacial score (nSPS) is 18.2. The van der Waals surface area contributed by atoms with Gasteiger partial charge in [-0.05, 0) is 77.2 Å². The molecule has 0 radical (unpaired) electrons. The maximum Gasteiger partial charge on any atom is 0.254 e. The molecule has 2 aromatic carbocycles. The lowest BCUT2D eigenvalue weighted by atomic mass is 9.87. The zero-order valence-corrected chi connectivity index (χ0v) is 19.3. The van der Waals surface area contributed by atoms with Gasteiger partial charge in [0.25, 0.3) is 5.91 Å². The molecule has 3 aromatic rings. The van der Waals surface area contributed by atoms with Gasteiger partial charge in [0.05, 0.1) is 16.8 Å². The molecule has 4 rings (SSSR count). The predicted molar refractivity (Wildman–Crippen MR) is 127 cm³/mol. The average molecular weight is 453 g/mol. The molecule has 1 fully saturated rings. The molecule has 0 saturated carbocycles. The Hall–Kier alpha value is -2.90. The molecular weight excluding hydrogens is 422 g/mol. The van der Waals surface area contributed by atoms with Crippen molar-refractivity contribution >= 4 is 16.8 Å². The number of hydrogen-bond acceptors (Lipinski definition) is 4. The first-order valence-corrected chi connectivity index (χ1v) is 11.3. The summed E-state index contributed by atoms with van der Waals surface area (Å²) >= 11 is 0. The van der Waals surface area contributed by atoms with Crippen LogP contribution in [0.3, 0.4) is 0 Å². The van der Waals surface area contributed by atoms with E-state index in [-0.39, 0.29) is 11.9 Å². The summed E-state index contributed by atoms with van der Waals surface area (Å²) in [6.45, 7) is 3.49. The number of rotatable bonds is 6. The number of fused-ring (bicyclic) bond motifs is 1. The number of amides is 1. The summed E-state index contributed by atoms with van der Waals surface area (Å²) in [6.07, 6.45) is 2.51. The lowest BCUT2D eigenvalue weighted by Gasteiger charge is -2.38. The van der Waals surface area contributed by atoms with Gasteiger partial charge >= 0.3 is 0 Å². The number of aromatic nitrogens is 1. The van der Waals surface area contributed by atoms with Gasteiger partial charge in [0, 0.05) is 29.1 Å². The second-order valence-electron chi connectivity index (χ2n) is 9.42. The number of nitrogens with zero attached hydrogens (tertiary/aromatic N) is 3. The molecule has 1 amide bonds. The van der Waals surface area contributed by atoms with Crippen molar-refractivity contribution in [3.05, 3.63) is 65.7 Å². The van der Waals surface area contributed by atoms with Crippen LogP contribution in [0.1, 0.15) is 36.5 Å². The second kappa shape index (κ2) is 9.15. The Morgan fingerprint density at radius 1 is 1.18 bits per heavy atom. The predicted octanol–water partition coefficient (Wildman–Crippen LogP) is 4.45. The Kier molecular flexibility index (Phi) is 6.45. The highest BCUT2D eigenvalue weighted by Crippen LogP contribution is 2.32. The van der Waals surface area contributed by atoms with Crippen LogP contribution in [-0.2, 0) is 0 Å². The molecule has 1 aromatic heterocycles. The minimum Gasteiger partial charge on any atom is -0.334 e. The van der Waals surface area contributed by atoms with Gasteiger partial charge in [-0.15, -0.1) is 0 Å². The van der Waals surface area contributed by atoms with Gasteiger partial charge in [0.2, 0.25) is 0 Å². The highest BCUT2D eigenvalue weighted by molar-refractivity contribution is 6.07. The highest BCUT2D eigenvalue weighted by atomic mass is 19.2. The number of likely N-dealkylation sites (tertiary alicyclic amines) is 1. The van der Waals surface area contributed by atoms with Crippen LogP contribution in [0, 0.1) is 11.6 Å². The van der Waals surface area contributed by atoms with Crippen molar-refractivity contribution in [2.75, 3.05) is 27.2 Å². The number of carbonyl (C=O) groups is 1. The molecule has 33 heavy (non-hydrogen) atoms. The molecule has 0 spiro atoms. The first-order valence-electron chi connectivity index (χ1n) is 11.3. The van der Waals surface area contributed by atoms with E-state index in [9.17, 15) is 13.6 Å². The van der Waals surface area contributed by atoms with Crippen molar-refractivity contribution in [1.29, 1.82) is 0 Å². The summed E-state index contributed by atoms with van der Waals surface area (Å²) in [4.78, 5) is 22.4. The van der Waals surface area contributed by atoms with Crippen molar-refractivity contribution in [1.82, 2.24) is 14.8 Å². The topological polar surface area (TPSA) is 62.5 Å². The molecule has 1 aliphatic heterocycles. The molecule has 2 heterocycles. The van der Waals surface area contributed by atoms with Crippen molar-refractivity contribution in [2.45, 2.75) is 37.8 Å². The monoisotopic (exact) mass is 452 g/mol. The third-order valence-electron chi connectivity index (χ3n) is 6.53. The lowest BCUT2D eigenvalue weighted by Crippen LogP contribution is -2.56. The van der Waals surface area contributed by atoms with Crippen LogP contribution in [0.4, 0.5) is 8.78 Å². The van der Waals surface area contributed by atoms with Gasteiger partial charge in [0.1, 0.15) is 0 Å². The van der Waals surface area contributed by atoms with E-state index in [1.165, 1.54) is 6.07 Å². The van der Waals surface area contributed by atoms with Gasteiger partial charge in [-0.25, -0.2) is 13.8 Å². The van der Waals surface area contributed by atoms with Crippen LogP contribution in [0.25, 0.3) is 22.2 Å². The summed E-state index contributed by atoms with van der Waals surface area (Å²) in [7, 11) is 4.02. The van der Waals surface area contributed by atoms with Crippen LogP contribution in [0.2, 0.25) is 0 Å². The smallest absolute Gasteiger partial charge is 0.254 e.